The van der Waals surface area contributed by atoms with Crippen molar-refractivity contribution in [1.29, 1.82) is 0 Å². The van der Waals surface area contributed by atoms with E-state index in [0.29, 0.717) is 31.3 Å². The third-order valence-electron chi connectivity index (χ3n) is 7.55. The number of halogens is 3. The summed E-state index contributed by atoms with van der Waals surface area (Å²) in [6, 6.07) is 6.45. The number of nitrogens with zero attached hydrogens (tertiary/aromatic N) is 5. The molecule has 2 aliphatic rings. The molecule has 2 atom stereocenters. The summed E-state index contributed by atoms with van der Waals surface area (Å²) in [7, 11) is -3.98. The Hall–Kier alpha value is -4.00. The van der Waals surface area contributed by atoms with Crippen LogP contribution in [0.2, 0.25) is 0 Å². The lowest BCUT2D eigenvalue weighted by atomic mass is 10.00. The largest absolute Gasteiger partial charge is 0.444 e. The van der Waals surface area contributed by atoms with Crippen molar-refractivity contribution in [1.82, 2.24) is 19.9 Å². The third kappa shape index (κ3) is 4.79. The first-order chi connectivity index (χ1) is 19.7. The van der Waals surface area contributed by atoms with Gasteiger partial charge in [0.2, 0.25) is 15.0 Å². The third-order valence-corrected chi connectivity index (χ3v) is 8.40. The van der Waals surface area contributed by atoms with Gasteiger partial charge in [-0.2, -0.15) is 0 Å². The molecule has 42 heavy (non-hydrogen) atoms. The maximum absolute atomic E-state index is 16.3. The molecule has 2 saturated heterocycles. The smallest absolute Gasteiger partial charge is 0.410 e. The molecule has 0 spiro atoms. The normalized spacial score (nSPS) is 19.1. The minimum Gasteiger partial charge on any atom is -0.444 e. The first-order valence-corrected chi connectivity index (χ1v) is 15.3. The van der Waals surface area contributed by atoms with Crippen molar-refractivity contribution in [3.05, 3.63) is 54.0 Å². The summed E-state index contributed by atoms with van der Waals surface area (Å²) in [5.41, 5.74) is -1.30. The Morgan fingerprint density at radius 3 is 2.33 bits per heavy atom. The van der Waals surface area contributed by atoms with Gasteiger partial charge in [0.05, 0.1) is 17.5 Å². The predicted octanol–water partition coefficient (Wildman–Crippen LogP) is 5.25. The molecule has 2 aliphatic heterocycles. The van der Waals surface area contributed by atoms with Gasteiger partial charge in [0.1, 0.15) is 22.6 Å². The second kappa shape index (κ2) is 9.79. The van der Waals surface area contributed by atoms with E-state index in [1.165, 1.54) is 18.3 Å². The van der Waals surface area contributed by atoms with Crippen LogP contribution in [0.4, 0.5) is 23.8 Å². The van der Waals surface area contributed by atoms with Crippen molar-refractivity contribution in [2.24, 2.45) is 0 Å². The van der Waals surface area contributed by atoms with E-state index >= 15 is 4.39 Å². The molecule has 13 heteroatoms. The fourth-order valence-electron chi connectivity index (χ4n) is 5.81. The number of pyridine rings is 1. The number of carbonyl (C=O) groups excluding carboxylic acids is 1. The van der Waals surface area contributed by atoms with E-state index in [2.05, 4.69) is 15.0 Å². The molecule has 4 heterocycles. The quantitative estimate of drug-likeness (QED) is 0.294. The minimum atomic E-state index is -3.98. The summed E-state index contributed by atoms with van der Waals surface area (Å²) in [6.45, 7) is 6.00. The van der Waals surface area contributed by atoms with Crippen molar-refractivity contribution in [3.8, 4) is 11.3 Å². The highest BCUT2D eigenvalue weighted by Gasteiger charge is 2.45. The molecule has 2 aromatic carbocycles. The molecule has 4 aromatic rings. The molecule has 220 valence electrons. The zero-order valence-electron chi connectivity index (χ0n) is 23.4. The SMILES string of the molecule is CC(C)(C)OC(=O)N1C2CCC1CN(c1nc(S(C)(=O)=O)nc3c(F)c(-c4cccc5ccc(F)c(F)c45)ncc13)C2. The second-order valence-corrected chi connectivity index (χ2v) is 13.6. The topological polar surface area (TPSA) is 106 Å². The lowest BCUT2D eigenvalue weighted by molar-refractivity contribution is 0.0123. The van der Waals surface area contributed by atoms with Crippen molar-refractivity contribution in [2.75, 3.05) is 24.2 Å². The van der Waals surface area contributed by atoms with Crippen LogP contribution < -0.4 is 4.90 Å². The van der Waals surface area contributed by atoms with E-state index in [0.717, 1.165) is 12.3 Å². The first-order valence-electron chi connectivity index (χ1n) is 13.4. The summed E-state index contributed by atoms with van der Waals surface area (Å²) in [6.07, 6.45) is 3.23. The van der Waals surface area contributed by atoms with Crippen LogP contribution in [0, 0.1) is 17.5 Å². The maximum Gasteiger partial charge on any atom is 0.410 e. The molecule has 0 saturated carbocycles. The van der Waals surface area contributed by atoms with E-state index in [1.54, 1.807) is 37.8 Å². The van der Waals surface area contributed by atoms with E-state index in [9.17, 15) is 22.0 Å². The number of rotatable bonds is 3. The van der Waals surface area contributed by atoms with E-state index in [1.807, 2.05) is 4.90 Å². The molecule has 2 bridgehead atoms. The number of piperazine rings is 1. The summed E-state index contributed by atoms with van der Waals surface area (Å²) in [5.74, 6) is -3.08. The van der Waals surface area contributed by atoms with Crippen LogP contribution in [-0.2, 0) is 14.6 Å². The lowest BCUT2D eigenvalue weighted by Gasteiger charge is -2.42. The number of benzene rings is 2. The monoisotopic (exact) mass is 599 g/mol. The second-order valence-electron chi connectivity index (χ2n) is 11.7. The molecule has 2 aromatic heterocycles. The number of amides is 1. The van der Waals surface area contributed by atoms with Gasteiger partial charge in [0.25, 0.3) is 0 Å². The van der Waals surface area contributed by atoms with Gasteiger partial charge in [0.15, 0.2) is 17.5 Å². The number of fused-ring (bicyclic) bond motifs is 4. The molecule has 6 rings (SSSR count). The molecule has 2 fully saturated rings. The predicted molar refractivity (Wildman–Crippen MR) is 150 cm³/mol. The highest BCUT2D eigenvalue weighted by Crippen LogP contribution is 2.38. The van der Waals surface area contributed by atoms with Crippen molar-refractivity contribution < 1.29 is 31.1 Å². The Kier molecular flexibility index (Phi) is 6.56. The standard InChI is InChI=1S/C29H28F3N5O4S/c1-29(2,3)41-28(38)37-16-9-10-17(37)14-36(13-16)26-19-12-33-24(23(32)25(19)34-27(35-26)42(4,39)40)18-7-5-6-15-8-11-20(30)22(31)21(15)18/h5-8,11-12,16-17H,9-10,13-14H2,1-4H3. The molecule has 9 nitrogen and oxygen atoms in total. The molecular formula is C29H28F3N5O4S. The van der Waals surface area contributed by atoms with Crippen LogP contribution in [-0.4, -0.2) is 71.4 Å². The van der Waals surface area contributed by atoms with Gasteiger partial charge < -0.3 is 9.64 Å². The molecule has 0 aliphatic carbocycles. The van der Waals surface area contributed by atoms with Crippen LogP contribution in [0.25, 0.3) is 32.9 Å². The fraction of sp³-hybridized carbons (Fsp3) is 0.379. The number of anilines is 1. The summed E-state index contributed by atoms with van der Waals surface area (Å²) in [4.78, 5) is 29.1. The number of ether oxygens (including phenoxy) is 1. The molecular weight excluding hydrogens is 571 g/mol. The zero-order valence-corrected chi connectivity index (χ0v) is 24.2. The van der Waals surface area contributed by atoms with Gasteiger partial charge in [-0.25, -0.2) is 36.4 Å². The summed E-state index contributed by atoms with van der Waals surface area (Å²) < 4.78 is 76.1. The molecule has 0 radical (unpaired) electrons. The van der Waals surface area contributed by atoms with Crippen LogP contribution in [0.5, 0.6) is 0 Å². The average molecular weight is 600 g/mol. The number of hydrogen-bond donors (Lipinski definition) is 0. The fourth-order valence-corrected chi connectivity index (χ4v) is 6.32. The zero-order chi connectivity index (χ0) is 30.1. The Balaban J connectivity index is 1.48. The van der Waals surface area contributed by atoms with Gasteiger partial charge in [-0.1, -0.05) is 24.3 Å². The highest BCUT2D eigenvalue weighted by molar-refractivity contribution is 7.90. The molecule has 2 unspecified atom stereocenters. The van der Waals surface area contributed by atoms with Crippen molar-refractivity contribution in [2.45, 2.75) is 56.5 Å². The Morgan fingerprint density at radius 1 is 1.00 bits per heavy atom. The minimum absolute atomic E-state index is 0.00557. The number of carbonyl (C=O) groups is 1. The summed E-state index contributed by atoms with van der Waals surface area (Å²) >= 11 is 0. The summed E-state index contributed by atoms with van der Waals surface area (Å²) in [5, 5.41) is -0.249. The Labute approximate surface area is 240 Å². The van der Waals surface area contributed by atoms with Gasteiger partial charge in [0, 0.05) is 36.5 Å². The molecule has 0 N–H and O–H groups in total. The average Bonchev–Trinajstić information content (AvgIpc) is 3.18. The number of aromatic nitrogens is 3. The lowest BCUT2D eigenvalue weighted by Crippen LogP contribution is -2.57. The van der Waals surface area contributed by atoms with Crippen LogP contribution >= 0.6 is 0 Å². The van der Waals surface area contributed by atoms with Crippen molar-refractivity contribution in [3.63, 3.8) is 0 Å². The van der Waals surface area contributed by atoms with Crippen LogP contribution in [0.15, 0.2) is 41.7 Å². The first kappa shape index (κ1) is 28.1. The number of sulfone groups is 1. The van der Waals surface area contributed by atoms with Crippen LogP contribution in [0.3, 0.4) is 0 Å². The van der Waals surface area contributed by atoms with Crippen molar-refractivity contribution >= 4 is 43.4 Å². The van der Waals surface area contributed by atoms with E-state index in [4.69, 9.17) is 4.74 Å². The van der Waals surface area contributed by atoms with Gasteiger partial charge in [-0.05, 0) is 45.1 Å². The maximum atomic E-state index is 16.3. The highest BCUT2D eigenvalue weighted by atomic mass is 32.2. The van der Waals surface area contributed by atoms with Gasteiger partial charge >= 0.3 is 6.09 Å². The Morgan fingerprint density at radius 2 is 1.69 bits per heavy atom. The van der Waals surface area contributed by atoms with E-state index < -0.39 is 44.1 Å². The van der Waals surface area contributed by atoms with Crippen LogP contribution in [0.1, 0.15) is 33.6 Å². The number of hydrogen-bond acceptors (Lipinski definition) is 8. The van der Waals surface area contributed by atoms with E-state index in [-0.39, 0.29) is 45.4 Å². The molecule has 1 amide bonds. The van der Waals surface area contributed by atoms with Gasteiger partial charge in [-0.15, -0.1) is 0 Å². The van der Waals surface area contributed by atoms with Gasteiger partial charge in [-0.3, -0.25) is 9.88 Å². The Bertz CT molecular complexity index is 1870.